The lowest BCUT2D eigenvalue weighted by Crippen LogP contribution is -2.27. The number of primary amides is 1. The number of fused-ring (bicyclic) bond motifs is 2. The molecule has 83 heavy (non-hydrogen) atoms. The van der Waals surface area contributed by atoms with Crippen molar-refractivity contribution in [2.24, 2.45) is 17.6 Å². The number of carbonyl (C=O) groups is 5. The summed E-state index contributed by atoms with van der Waals surface area (Å²) in [6.45, 7) is 9.08. The van der Waals surface area contributed by atoms with Crippen molar-refractivity contribution in [3.05, 3.63) is 209 Å². The summed E-state index contributed by atoms with van der Waals surface area (Å²) >= 11 is 0. The molecule has 3 aromatic heterocycles. The second-order valence-corrected chi connectivity index (χ2v) is 20.5. The Hall–Kier alpha value is -10.5. The predicted octanol–water partition coefficient (Wildman–Crippen LogP) is 13.0. The summed E-state index contributed by atoms with van der Waals surface area (Å²) in [5, 5.41) is 21.8. The van der Waals surface area contributed by atoms with Gasteiger partial charge in [-0.15, -0.1) is 0 Å². The van der Waals surface area contributed by atoms with Crippen LogP contribution in [0.25, 0.3) is 89.1 Å². The molecule has 0 bridgehead atoms. The number of nitrogens with zero attached hydrogens (tertiary/aromatic N) is 2. The Kier molecular flexibility index (Phi) is 17.1. The first-order valence-electron chi connectivity index (χ1n) is 26.6. The third kappa shape index (κ3) is 12.6. The molecule has 5 amide bonds. The van der Waals surface area contributed by atoms with Crippen LogP contribution in [0.15, 0.2) is 173 Å². The van der Waals surface area contributed by atoms with Gasteiger partial charge in [0.25, 0.3) is 23.6 Å². The number of rotatable bonds is 15. The summed E-state index contributed by atoms with van der Waals surface area (Å²) in [5.41, 5.74) is 15.7. The number of benzene rings is 7. The highest BCUT2D eigenvalue weighted by Gasteiger charge is 2.25. The van der Waals surface area contributed by atoms with E-state index in [1.807, 2.05) is 82.3 Å². The van der Waals surface area contributed by atoms with Crippen LogP contribution in [0.2, 0.25) is 0 Å². The van der Waals surface area contributed by atoms with Crippen LogP contribution in [0, 0.1) is 34.8 Å². The van der Waals surface area contributed by atoms with Gasteiger partial charge in [-0.05, 0) is 154 Å². The largest absolute Gasteiger partial charge is 0.455 e. The normalized spacial score (nSPS) is 11.0. The number of furan rings is 2. The van der Waals surface area contributed by atoms with E-state index in [2.05, 4.69) is 32.3 Å². The number of amides is 5. The van der Waals surface area contributed by atoms with Gasteiger partial charge in [0.2, 0.25) is 5.91 Å². The van der Waals surface area contributed by atoms with E-state index in [0.717, 1.165) is 27.8 Å². The van der Waals surface area contributed by atoms with Gasteiger partial charge >= 0.3 is 0 Å². The third-order valence-electron chi connectivity index (χ3n) is 13.7. The molecule has 0 aliphatic carbocycles. The average Bonchev–Trinajstić information content (AvgIpc) is 3.87. The van der Waals surface area contributed by atoms with E-state index in [1.165, 1.54) is 44.6 Å². The van der Waals surface area contributed by atoms with E-state index in [9.17, 15) is 38.0 Å². The number of nitrogens with one attached hydrogen (secondary N) is 4. The molecular weight excluding hydrogens is 1050 g/mol. The number of hydrogen-bond donors (Lipinski definition) is 5. The molecule has 14 nitrogen and oxygen atoms in total. The van der Waals surface area contributed by atoms with Crippen LogP contribution >= 0.6 is 0 Å². The summed E-state index contributed by atoms with van der Waals surface area (Å²) < 4.78 is 39.3. The fourth-order valence-corrected chi connectivity index (χ4v) is 9.44. The average molecular weight is 1110 g/mol. The molecule has 7 aromatic carbocycles. The van der Waals surface area contributed by atoms with E-state index in [-0.39, 0.29) is 47.1 Å². The van der Waals surface area contributed by atoms with E-state index in [4.69, 9.17) is 14.6 Å². The molecule has 416 valence electrons. The Morgan fingerprint density at radius 3 is 1.31 bits per heavy atom. The highest BCUT2D eigenvalue weighted by Crippen LogP contribution is 2.40. The quantitative estimate of drug-likeness (QED) is 0.0658. The van der Waals surface area contributed by atoms with Gasteiger partial charge in [-0.3, -0.25) is 29.0 Å². The molecule has 16 heteroatoms. The first kappa shape index (κ1) is 57.2. The monoisotopic (exact) mass is 1110 g/mol. The first-order valence-corrected chi connectivity index (χ1v) is 26.6. The van der Waals surface area contributed by atoms with Crippen molar-refractivity contribution < 1.29 is 41.6 Å². The van der Waals surface area contributed by atoms with Crippen molar-refractivity contribution in [1.29, 1.82) is 5.26 Å². The van der Waals surface area contributed by atoms with Crippen molar-refractivity contribution in [2.75, 3.05) is 27.2 Å². The lowest BCUT2D eigenvalue weighted by molar-refractivity contribution is 0.0941. The summed E-state index contributed by atoms with van der Waals surface area (Å²) in [6, 6.07) is 44.2. The lowest BCUT2D eigenvalue weighted by atomic mass is 9.93. The number of aromatic nitrogens is 1. The Bertz CT molecular complexity index is 4160. The summed E-state index contributed by atoms with van der Waals surface area (Å²) in [4.78, 5) is 68.5. The molecule has 0 saturated carbocycles. The molecule has 3 heterocycles. The maximum Gasteiger partial charge on any atom is 0.255 e. The molecule has 0 fully saturated rings. The fourth-order valence-electron chi connectivity index (χ4n) is 9.44. The number of carbonyl (C=O) groups excluding carboxylic acids is 5. The summed E-state index contributed by atoms with van der Waals surface area (Å²) in [6.07, 6.45) is 3.10. The first-order chi connectivity index (χ1) is 39.9. The van der Waals surface area contributed by atoms with Crippen molar-refractivity contribution >= 4 is 51.5 Å². The van der Waals surface area contributed by atoms with Gasteiger partial charge in [0, 0.05) is 83.7 Å². The van der Waals surface area contributed by atoms with E-state index >= 15 is 0 Å². The number of hydrogen-bond acceptors (Lipinski definition) is 9. The second kappa shape index (κ2) is 24.9. The van der Waals surface area contributed by atoms with Gasteiger partial charge < -0.3 is 35.8 Å². The zero-order valence-corrected chi connectivity index (χ0v) is 46.2. The highest BCUT2D eigenvalue weighted by atomic mass is 19.1. The number of halogens is 2. The Morgan fingerprint density at radius 2 is 0.904 bits per heavy atom. The Balaban J connectivity index is 0.000000200. The molecule has 0 atom stereocenters. The third-order valence-corrected chi connectivity index (χ3v) is 13.7. The van der Waals surface area contributed by atoms with Gasteiger partial charge in [0.05, 0.1) is 16.7 Å². The lowest BCUT2D eigenvalue weighted by Gasteiger charge is -2.14. The molecule has 10 rings (SSSR count). The standard InChI is InChI=1S/C34H30FN3O4.C33H27FN4O3/c1-19(2)18-38-33(40)27-16-23(10-14-26(27)20-4-6-22(7-5-20)32(36)39)24-11-15-29-28(17-24)30(34(41)37-3)31(42-29)21-8-12-25(35)13-9-21;1-19(2)16-38-32(39)27-13-22(6-10-26(27)24-12-20(15-35)17-37-18-24)23-7-11-29-28(14-23)30(33(40)36-3)31(41-29)21-4-8-25(34)9-5-21/h4-17,19H,18H2,1-3H3,(H2,36,39)(H,37,41)(H,38,40);4-14,17-19H,16H2,1-3H3,(H,36,40)(H,38,39). The minimum atomic E-state index is -0.528. The number of nitrogens with two attached hydrogens (primary N) is 1. The molecule has 0 spiro atoms. The highest BCUT2D eigenvalue weighted by molar-refractivity contribution is 6.13. The zero-order chi connectivity index (χ0) is 59.1. The summed E-state index contributed by atoms with van der Waals surface area (Å²) in [7, 11) is 3.08. The van der Waals surface area contributed by atoms with Crippen molar-refractivity contribution in [3.63, 3.8) is 0 Å². The molecule has 0 aliphatic heterocycles. The van der Waals surface area contributed by atoms with E-state index in [0.29, 0.717) is 108 Å². The van der Waals surface area contributed by atoms with Gasteiger partial charge in [-0.25, -0.2) is 8.78 Å². The van der Waals surface area contributed by atoms with Crippen LogP contribution in [0.5, 0.6) is 0 Å². The van der Waals surface area contributed by atoms with Gasteiger partial charge in [0.15, 0.2) is 0 Å². The maximum absolute atomic E-state index is 13.6. The molecular formula is C67H57F2N7O7. The number of pyridine rings is 1. The predicted molar refractivity (Wildman–Crippen MR) is 317 cm³/mol. The molecule has 0 aliphatic rings. The smallest absolute Gasteiger partial charge is 0.255 e. The van der Waals surface area contributed by atoms with Crippen LogP contribution < -0.4 is 27.0 Å². The minimum Gasteiger partial charge on any atom is -0.455 e. The van der Waals surface area contributed by atoms with Gasteiger partial charge in [0.1, 0.15) is 40.4 Å². The van der Waals surface area contributed by atoms with Crippen LogP contribution in [-0.2, 0) is 0 Å². The zero-order valence-electron chi connectivity index (χ0n) is 46.2. The SMILES string of the molecule is CNC(=O)c1c(-c2ccc(F)cc2)oc2ccc(-c3ccc(-c4ccc(C(N)=O)cc4)c(C(=O)NCC(C)C)c3)cc12.CNC(=O)c1c(-c2ccc(F)cc2)oc2ccc(-c3ccc(-c4cncc(C#N)c4)c(C(=O)NCC(C)C)c3)cc12. The van der Waals surface area contributed by atoms with Crippen LogP contribution in [-0.4, -0.2) is 61.7 Å². The van der Waals surface area contributed by atoms with Crippen LogP contribution in [0.3, 0.4) is 0 Å². The molecule has 6 N–H and O–H groups in total. The Morgan fingerprint density at radius 1 is 0.506 bits per heavy atom. The molecule has 10 aromatic rings. The molecule has 0 saturated heterocycles. The number of nitriles is 1. The van der Waals surface area contributed by atoms with Crippen LogP contribution in [0.1, 0.15) is 85.0 Å². The topological polar surface area (TPSA) is 222 Å². The van der Waals surface area contributed by atoms with Gasteiger partial charge in [-0.1, -0.05) is 76.2 Å². The summed E-state index contributed by atoms with van der Waals surface area (Å²) in [5.74, 6) is -1.26. The Labute approximate surface area is 477 Å². The second-order valence-electron chi connectivity index (χ2n) is 20.5. The van der Waals surface area contributed by atoms with Crippen LogP contribution in [0.4, 0.5) is 8.78 Å². The van der Waals surface area contributed by atoms with E-state index in [1.54, 1.807) is 79.0 Å². The maximum atomic E-state index is 13.6. The van der Waals surface area contributed by atoms with Gasteiger partial charge in [-0.2, -0.15) is 5.26 Å². The van der Waals surface area contributed by atoms with Crippen molar-refractivity contribution in [2.45, 2.75) is 27.7 Å². The molecule has 0 unspecified atom stereocenters. The van der Waals surface area contributed by atoms with E-state index < -0.39 is 5.91 Å². The fraction of sp³-hybridized carbons (Fsp3) is 0.149. The van der Waals surface area contributed by atoms with Crippen molar-refractivity contribution in [1.82, 2.24) is 26.3 Å². The minimum absolute atomic E-state index is 0.228. The van der Waals surface area contributed by atoms with Crippen molar-refractivity contribution in [3.8, 4) is 73.2 Å². The molecule has 0 radical (unpaired) electrons.